The predicted octanol–water partition coefficient (Wildman–Crippen LogP) is 2.40. The van der Waals surface area contributed by atoms with Gasteiger partial charge in [-0.15, -0.1) is 0 Å². The molecule has 1 saturated heterocycles. The van der Waals surface area contributed by atoms with Crippen LogP contribution in [-0.4, -0.2) is 74.1 Å². The zero-order valence-electron chi connectivity index (χ0n) is 14.9. The smallest absolute Gasteiger partial charge is 0.321 e. The molecule has 1 aliphatic rings. The lowest BCUT2D eigenvalue weighted by Gasteiger charge is -2.34. The summed E-state index contributed by atoms with van der Waals surface area (Å²) in [5, 5.41) is 3.01. The second-order valence-corrected chi connectivity index (χ2v) is 6.71. The normalized spacial score (nSPS) is 16.0. The van der Waals surface area contributed by atoms with Gasteiger partial charge in [0.1, 0.15) is 0 Å². The number of nitrogens with one attached hydrogen (secondary N) is 1. The topological polar surface area (TPSA) is 38.8 Å². The number of piperazine rings is 1. The van der Waals surface area contributed by atoms with Gasteiger partial charge in [0.25, 0.3) is 0 Å². The Kier molecular flexibility index (Phi) is 6.42. The van der Waals surface area contributed by atoms with Gasteiger partial charge in [0, 0.05) is 31.9 Å². The number of benzene rings is 1. The standard InChI is InChI=1S/C18H30N4O/c1-15-6-7-17(14-16(15)2)19-18(23)22-12-10-21(11-13-22)9-5-8-20(3)4/h6-7,14H,5,8-13H2,1-4H3,(H,19,23). The van der Waals surface area contributed by atoms with Crippen LogP contribution in [0.2, 0.25) is 0 Å². The van der Waals surface area contributed by atoms with E-state index in [1.54, 1.807) is 0 Å². The van der Waals surface area contributed by atoms with Crippen LogP contribution < -0.4 is 5.32 Å². The van der Waals surface area contributed by atoms with E-state index in [1.165, 1.54) is 17.5 Å². The van der Waals surface area contributed by atoms with Crippen LogP contribution in [0.1, 0.15) is 17.5 Å². The molecule has 0 unspecified atom stereocenters. The summed E-state index contributed by atoms with van der Waals surface area (Å²) in [5.41, 5.74) is 3.33. The van der Waals surface area contributed by atoms with Gasteiger partial charge in [-0.25, -0.2) is 4.79 Å². The number of anilines is 1. The van der Waals surface area contributed by atoms with E-state index in [0.29, 0.717) is 0 Å². The molecule has 1 aromatic carbocycles. The Hall–Kier alpha value is -1.59. The summed E-state index contributed by atoms with van der Waals surface area (Å²) < 4.78 is 0. The average molecular weight is 318 g/mol. The van der Waals surface area contributed by atoms with Crippen LogP contribution in [0.15, 0.2) is 18.2 Å². The van der Waals surface area contributed by atoms with Crippen molar-refractivity contribution in [2.75, 3.05) is 58.7 Å². The number of rotatable bonds is 5. The summed E-state index contributed by atoms with van der Waals surface area (Å²) in [7, 11) is 4.21. The van der Waals surface area contributed by atoms with Crippen LogP contribution in [0.3, 0.4) is 0 Å². The number of carbonyl (C=O) groups excluding carboxylic acids is 1. The third kappa shape index (κ3) is 5.52. The average Bonchev–Trinajstić information content (AvgIpc) is 2.51. The number of carbonyl (C=O) groups is 1. The van der Waals surface area contributed by atoms with Gasteiger partial charge in [0.15, 0.2) is 0 Å². The monoisotopic (exact) mass is 318 g/mol. The molecule has 5 nitrogen and oxygen atoms in total. The number of aryl methyl sites for hydroxylation is 2. The number of amides is 2. The van der Waals surface area contributed by atoms with Gasteiger partial charge in [0.2, 0.25) is 0 Å². The van der Waals surface area contributed by atoms with Crippen molar-refractivity contribution < 1.29 is 4.79 Å². The molecule has 2 rings (SSSR count). The maximum Gasteiger partial charge on any atom is 0.321 e. The summed E-state index contributed by atoms with van der Waals surface area (Å²) in [6.07, 6.45) is 1.18. The van der Waals surface area contributed by atoms with Crippen LogP contribution in [-0.2, 0) is 0 Å². The van der Waals surface area contributed by atoms with E-state index in [0.717, 1.165) is 45.0 Å². The predicted molar refractivity (Wildman–Crippen MR) is 96.1 cm³/mol. The maximum absolute atomic E-state index is 12.4. The van der Waals surface area contributed by atoms with Crippen molar-refractivity contribution in [3.63, 3.8) is 0 Å². The summed E-state index contributed by atoms with van der Waals surface area (Å²) >= 11 is 0. The largest absolute Gasteiger partial charge is 0.322 e. The third-order valence-corrected chi connectivity index (χ3v) is 4.50. The highest BCUT2D eigenvalue weighted by atomic mass is 16.2. The van der Waals surface area contributed by atoms with E-state index >= 15 is 0 Å². The van der Waals surface area contributed by atoms with Crippen LogP contribution in [0, 0.1) is 13.8 Å². The fourth-order valence-electron chi connectivity index (χ4n) is 2.81. The Morgan fingerprint density at radius 3 is 2.43 bits per heavy atom. The molecule has 0 saturated carbocycles. The molecule has 0 spiro atoms. The molecule has 23 heavy (non-hydrogen) atoms. The fourth-order valence-corrected chi connectivity index (χ4v) is 2.81. The van der Waals surface area contributed by atoms with Gasteiger partial charge in [-0.3, -0.25) is 4.90 Å². The van der Waals surface area contributed by atoms with Gasteiger partial charge in [0.05, 0.1) is 0 Å². The second kappa shape index (κ2) is 8.31. The molecule has 0 radical (unpaired) electrons. The van der Waals surface area contributed by atoms with Gasteiger partial charge < -0.3 is 15.1 Å². The van der Waals surface area contributed by atoms with Gasteiger partial charge >= 0.3 is 6.03 Å². The number of nitrogens with zero attached hydrogens (tertiary/aromatic N) is 3. The molecule has 5 heteroatoms. The molecule has 1 heterocycles. The first-order chi connectivity index (χ1) is 11.0. The highest BCUT2D eigenvalue weighted by molar-refractivity contribution is 5.89. The van der Waals surface area contributed by atoms with Crippen molar-refractivity contribution in [3.8, 4) is 0 Å². The molecule has 1 fully saturated rings. The van der Waals surface area contributed by atoms with Gasteiger partial charge in [-0.2, -0.15) is 0 Å². The Bertz CT molecular complexity index is 522. The highest BCUT2D eigenvalue weighted by Gasteiger charge is 2.20. The lowest BCUT2D eigenvalue weighted by Crippen LogP contribution is -2.50. The zero-order valence-corrected chi connectivity index (χ0v) is 14.9. The molecule has 0 atom stereocenters. The van der Waals surface area contributed by atoms with Crippen molar-refractivity contribution in [3.05, 3.63) is 29.3 Å². The van der Waals surface area contributed by atoms with Crippen LogP contribution in [0.25, 0.3) is 0 Å². The minimum Gasteiger partial charge on any atom is -0.322 e. The van der Waals surface area contributed by atoms with Crippen LogP contribution >= 0.6 is 0 Å². The Morgan fingerprint density at radius 2 is 1.83 bits per heavy atom. The molecule has 0 bridgehead atoms. The Morgan fingerprint density at radius 1 is 1.13 bits per heavy atom. The van der Waals surface area contributed by atoms with Crippen molar-refractivity contribution >= 4 is 11.7 Å². The summed E-state index contributed by atoms with van der Waals surface area (Å²) in [4.78, 5) is 18.9. The molecular formula is C18H30N4O. The van der Waals surface area contributed by atoms with Crippen molar-refractivity contribution in [2.45, 2.75) is 20.3 Å². The SMILES string of the molecule is Cc1ccc(NC(=O)N2CCN(CCCN(C)C)CC2)cc1C. The van der Waals surface area contributed by atoms with Crippen molar-refractivity contribution in [2.24, 2.45) is 0 Å². The molecule has 1 N–H and O–H groups in total. The molecular weight excluding hydrogens is 288 g/mol. The van der Waals surface area contributed by atoms with E-state index < -0.39 is 0 Å². The molecule has 0 aromatic heterocycles. The minimum atomic E-state index is 0.0150. The molecule has 2 amide bonds. The molecule has 0 aliphatic carbocycles. The quantitative estimate of drug-likeness (QED) is 0.906. The van der Waals surface area contributed by atoms with Crippen LogP contribution in [0.4, 0.5) is 10.5 Å². The summed E-state index contributed by atoms with van der Waals surface area (Å²) in [6.45, 7) is 9.92. The number of urea groups is 1. The fraction of sp³-hybridized carbons (Fsp3) is 0.611. The third-order valence-electron chi connectivity index (χ3n) is 4.50. The Labute approximate surface area is 140 Å². The first kappa shape index (κ1) is 17.8. The lowest BCUT2D eigenvalue weighted by molar-refractivity contribution is 0.144. The second-order valence-electron chi connectivity index (χ2n) is 6.71. The van der Waals surface area contributed by atoms with E-state index in [4.69, 9.17) is 0 Å². The zero-order chi connectivity index (χ0) is 16.8. The van der Waals surface area contributed by atoms with Crippen molar-refractivity contribution in [1.29, 1.82) is 0 Å². The van der Waals surface area contributed by atoms with E-state index in [2.05, 4.69) is 43.1 Å². The van der Waals surface area contributed by atoms with Gasteiger partial charge in [-0.05, 0) is 70.7 Å². The number of hydrogen-bond donors (Lipinski definition) is 1. The number of hydrogen-bond acceptors (Lipinski definition) is 3. The minimum absolute atomic E-state index is 0.0150. The maximum atomic E-state index is 12.4. The summed E-state index contributed by atoms with van der Waals surface area (Å²) in [5.74, 6) is 0. The van der Waals surface area contributed by atoms with Crippen molar-refractivity contribution in [1.82, 2.24) is 14.7 Å². The Balaban J connectivity index is 1.76. The first-order valence-electron chi connectivity index (χ1n) is 8.46. The first-order valence-corrected chi connectivity index (χ1v) is 8.46. The van der Waals surface area contributed by atoms with E-state index in [1.807, 2.05) is 23.1 Å². The van der Waals surface area contributed by atoms with E-state index in [9.17, 15) is 4.79 Å². The van der Waals surface area contributed by atoms with Crippen LogP contribution in [0.5, 0.6) is 0 Å². The highest BCUT2D eigenvalue weighted by Crippen LogP contribution is 2.15. The lowest BCUT2D eigenvalue weighted by atomic mass is 10.1. The van der Waals surface area contributed by atoms with Gasteiger partial charge in [-0.1, -0.05) is 6.07 Å². The molecule has 128 valence electrons. The summed E-state index contributed by atoms with van der Waals surface area (Å²) in [6, 6.07) is 6.07. The molecule has 1 aliphatic heterocycles. The molecule has 1 aromatic rings. The van der Waals surface area contributed by atoms with E-state index in [-0.39, 0.29) is 6.03 Å².